The molecule has 40 heavy (non-hydrogen) atoms. The summed E-state index contributed by atoms with van der Waals surface area (Å²) in [5.41, 5.74) is 0. The second kappa shape index (κ2) is 28.4. The zero-order chi connectivity index (χ0) is 29.7. The molecule has 0 radical (unpaired) electrons. The van der Waals surface area contributed by atoms with Crippen LogP contribution in [0.4, 0.5) is 0 Å². The number of unbranched alkanes of at least 4 members (excludes halogenated alkanes) is 21. The molecule has 1 amide bonds. The van der Waals surface area contributed by atoms with Gasteiger partial charge in [-0.2, -0.15) is 0 Å². The average Bonchev–Trinajstić information content (AvgIpc) is 2.91. The van der Waals surface area contributed by atoms with Gasteiger partial charge in [0.2, 0.25) is 5.91 Å². The molecule has 0 aromatic heterocycles. The highest BCUT2D eigenvalue weighted by atomic mass is 31.2. The standard InChI is InChI=1S/C32H64NO6P/c1-3-5-7-9-11-13-15-16-18-20-22-24-26-28-32(35)33-30(29-39-40(36,37)38)31(34)27-25-23-21-19-17-14-12-10-8-6-4-2/h25,27,30-31,34H,3-24,26,28-29H2,1-2H3,(H,33,35)(H2,36,37,38)/b27-25+/t30-,31+/m0/s1. The van der Waals surface area contributed by atoms with E-state index < -0.39 is 26.6 Å². The van der Waals surface area contributed by atoms with Gasteiger partial charge >= 0.3 is 7.82 Å². The zero-order valence-corrected chi connectivity index (χ0v) is 26.9. The van der Waals surface area contributed by atoms with Crippen LogP contribution in [-0.2, 0) is 13.9 Å². The summed E-state index contributed by atoms with van der Waals surface area (Å²) in [5, 5.41) is 13.3. The molecule has 8 heteroatoms. The summed E-state index contributed by atoms with van der Waals surface area (Å²) in [7, 11) is -4.70. The highest BCUT2D eigenvalue weighted by molar-refractivity contribution is 7.46. The Kier molecular flexibility index (Phi) is 27.9. The molecule has 0 rings (SSSR count). The van der Waals surface area contributed by atoms with E-state index in [1.54, 1.807) is 6.08 Å². The number of hydrogen-bond acceptors (Lipinski definition) is 4. The molecule has 0 fully saturated rings. The molecule has 0 heterocycles. The fourth-order valence-electron chi connectivity index (χ4n) is 4.93. The summed E-state index contributed by atoms with van der Waals surface area (Å²) in [6, 6.07) is -0.901. The van der Waals surface area contributed by atoms with Gasteiger partial charge in [0.05, 0.1) is 18.8 Å². The van der Waals surface area contributed by atoms with E-state index in [4.69, 9.17) is 9.79 Å². The van der Waals surface area contributed by atoms with Gasteiger partial charge in [-0.05, 0) is 19.3 Å². The number of phosphoric ester groups is 1. The Bertz CT molecular complexity index is 639. The lowest BCUT2D eigenvalue weighted by Gasteiger charge is -2.22. The average molecular weight is 590 g/mol. The number of rotatable bonds is 30. The van der Waals surface area contributed by atoms with Crippen molar-refractivity contribution in [1.82, 2.24) is 5.32 Å². The normalized spacial score (nSPS) is 13.6. The number of carbonyl (C=O) groups is 1. The Hall–Kier alpha value is -0.720. The van der Waals surface area contributed by atoms with Crippen LogP contribution in [0.5, 0.6) is 0 Å². The number of aliphatic hydroxyl groups is 1. The molecule has 0 aromatic carbocycles. The third kappa shape index (κ3) is 28.8. The van der Waals surface area contributed by atoms with Crippen molar-refractivity contribution in [2.24, 2.45) is 0 Å². The Morgan fingerprint density at radius 2 is 1.10 bits per heavy atom. The summed E-state index contributed by atoms with van der Waals surface area (Å²) < 4.78 is 15.8. The number of hydrogen-bond donors (Lipinski definition) is 4. The van der Waals surface area contributed by atoms with Gasteiger partial charge in [0.1, 0.15) is 0 Å². The monoisotopic (exact) mass is 589 g/mol. The lowest BCUT2D eigenvalue weighted by atomic mass is 10.0. The molecule has 0 aliphatic carbocycles. The fraction of sp³-hybridized carbons (Fsp3) is 0.906. The van der Waals surface area contributed by atoms with Crippen LogP contribution < -0.4 is 5.32 Å². The molecule has 2 atom stereocenters. The first kappa shape index (κ1) is 39.3. The molecular formula is C32H64NO6P. The maximum Gasteiger partial charge on any atom is 0.469 e. The molecule has 4 N–H and O–H groups in total. The number of phosphoric acid groups is 1. The van der Waals surface area contributed by atoms with Crippen molar-refractivity contribution in [2.75, 3.05) is 6.61 Å². The van der Waals surface area contributed by atoms with Gasteiger partial charge in [0.25, 0.3) is 0 Å². The van der Waals surface area contributed by atoms with Crippen molar-refractivity contribution in [2.45, 2.75) is 180 Å². The second-order valence-electron chi connectivity index (χ2n) is 11.5. The first-order valence-electron chi connectivity index (χ1n) is 16.6. The van der Waals surface area contributed by atoms with Gasteiger partial charge < -0.3 is 20.2 Å². The van der Waals surface area contributed by atoms with Crippen molar-refractivity contribution >= 4 is 13.7 Å². The van der Waals surface area contributed by atoms with Crippen molar-refractivity contribution in [3.63, 3.8) is 0 Å². The molecule has 0 saturated carbocycles. The summed E-state index contributed by atoms with van der Waals surface area (Å²) in [6.07, 6.45) is 30.8. The zero-order valence-electron chi connectivity index (χ0n) is 26.0. The molecule has 238 valence electrons. The minimum atomic E-state index is -4.70. The number of allylic oxidation sites excluding steroid dienone is 1. The number of nitrogens with one attached hydrogen (secondary N) is 1. The molecular weight excluding hydrogens is 525 g/mol. The maximum absolute atomic E-state index is 12.4. The summed E-state index contributed by atoms with van der Waals surface area (Å²) in [4.78, 5) is 30.6. The van der Waals surface area contributed by atoms with Crippen LogP contribution in [0.3, 0.4) is 0 Å². The van der Waals surface area contributed by atoms with Gasteiger partial charge in [-0.1, -0.05) is 154 Å². The van der Waals surface area contributed by atoms with E-state index in [0.717, 1.165) is 38.5 Å². The van der Waals surface area contributed by atoms with Gasteiger partial charge in [-0.3, -0.25) is 9.32 Å². The molecule has 0 bridgehead atoms. The van der Waals surface area contributed by atoms with E-state index in [-0.39, 0.29) is 5.91 Å². The van der Waals surface area contributed by atoms with Crippen molar-refractivity contribution in [1.29, 1.82) is 0 Å². The van der Waals surface area contributed by atoms with Crippen LogP contribution in [0.25, 0.3) is 0 Å². The minimum absolute atomic E-state index is 0.228. The van der Waals surface area contributed by atoms with Gasteiger partial charge in [-0.25, -0.2) is 4.57 Å². The fourth-order valence-corrected chi connectivity index (χ4v) is 5.28. The Labute approximate surface area is 246 Å². The van der Waals surface area contributed by atoms with E-state index in [1.807, 2.05) is 6.08 Å². The number of carbonyl (C=O) groups excluding carboxylic acids is 1. The molecule has 0 aliphatic rings. The number of amides is 1. The largest absolute Gasteiger partial charge is 0.469 e. The van der Waals surface area contributed by atoms with Crippen molar-refractivity contribution in [3.8, 4) is 0 Å². The van der Waals surface area contributed by atoms with Crippen LogP contribution in [0.15, 0.2) is 12.2 Å². The first-order valence-corrected chi connectivity index (χ1v) is 18.2. The van der Waals surface area contributed by atoms with Crippen molar-refractivity contribution < 1.29 is 28.8 Å². The van der Waals surface area contributed by atoms with E-state index in [9.17, 15) is 14.5 Å². The maximum atomic E-state index is 12.4. The quantitative estimate of drug-likeness (QED) is 0.0378. The lowest BCUT2D eigenvalue weighted by Crippen LogP contribution is -2.45. The van der Waals surface area contributed by atoms with E-state index in [2.05, 4.69) is 23.7 Å². The Morgan fingerprint density at radius 1 is 0.700 bits per heavy atom. The second-order valence-corrected chi connectivity index (χ2v) is 12.7. The van der Waals surface area contributed by atoms with Crippen molar-refractivity contribution in [3.05, 3.63) is 12.2 Å². The third-order valence-corrected chi connectivity index (χ3v) is 7.98. The van der Waals surface area contributed by atoms with Crippen LogP contribution in [0.2, 0.25) is 0 Å². The molecule has 0 aliphatic heterocycles. The van der Waals surface area contributed by atoms with Crippen LogP contribution in [0.1, 0.15) is 168 Å². The van der Waals surface area contributed by atoms with Gasteiger partial charge in [0.15, 0.2) is 0 Å². The highest BCUT2D eigenvalue weighted by Gasteiger charge is 2.24. The first-order chi connectivity index (χ1) is 19.3. The molecule has 0 aromatic rings. The Morgan fingerprint density at radius 3 is 1.52 bits per heavy atom. The molecule has 0 unspecified atom stereocenters. The smallest absolute Gasteiger partial charge is 0.387 e. The topological polar surface area (TPSA) is 116 Å². The summed E-state index contributed by atoms with van der Waals surface area (Å²) in [6.45, 7) is 4.03. The van der Waals surface area contributed by atoms with Gasteiger partial charge in [0, 0.05) is 6.42 Å². The highest BCUT2D eigenvalue weighted by Crippen LogP contribution is 2.35. The van der Waals surface area contributed by atoms with E-state index in [1.165, 1.54) is 109 Å². The lowest BCUT2D eigenvalue weighted by molar-refractivity contribution is -0.123. The minimum Gasteiger partial charge on any atom is -0.387 e. The predicted octanol–water partition coefficient (Wildman–Crippen LogP) is 8.90. The Balaban J connectivity index is 4.10. The van der Waals surface area contributed by atoms with E-state index in [0.29, 0.717) is 6.42 Å². The summed E-state index contributed by atoms with van der Waals surface area (Å²) in [5.74, 6) is -0.228. The van der Waals surface area contributed by atoms with E-state index >= 15 is 0 Å². The van der Waals surface area contributed by atoms with Crippen LogP contribution >= 0.6 is 7.82 Å². The number of aliphatic hydroxyl groups excluding tert-OH is 1. The molecule has 0 saturated heterocycles. The SMILES string of the molecule is CCCCCCCCCCC/C=C/[C@@H](O)[C@H](COP(=O)(O)O)NC(=O)CCCCCCCCCCCCCCC. The van der Waals surface area contributed by atoms with Gasteiger partial charge in [-0.15, -0.1) is 0 Å². The molecule has 0 spiro atoms. The predicted molar refractivity (Wildman–Crippen MR) is 167 cm³/mol. The summed E-state index contributed by atoms with van der Waals surface area (Å²) >= 11 is 0. The van der Waals surface area contributed by atoms with Crippen LogP contribution in [-0.4, -0.2) is 39.6 Å². The third-order valence-electron chi connectivity index (χ3n) is 7.50. The molecule has 7 nitrogen and oxygen atoms in total. The van der Waals surface area contributed by atoms with Crippen LogP contribution in [0, 0.1) is 0 Å².